The van der Waals surface area contributed by atoms with Crippen molar-refractivity contribution in [2.24, 2.45) is 0 Å². The first-order chi connectivity index (χ1) is 6.22. The van der Waals surface area contributed by atoms with E-state index in [0.717, 1.165) is 0 Å². The predicted molar refractivity (Wildman–Crippen MR) is 45.9 cm³/mol. The number of phenolic OH excluding ortho intramolecular Hbond substituents is 1. The van der Waals surface area contributed by atoms with E-state index in [2.05, 4.69) is 0 Å². The summed E-state index contributed by atoms with van der Waals surface area (Å²) in [7, 11) is 2.89. The molecular formula is C9H9NO3. The standard InChI is InChI=1S/C9H9NO3/c1-12-7-3-6(5-10)9(11)8(4-7)13-2/h3-4,11H,1-2H3. The second kappa shape index (κ2) is 3.68. The van der Waals surface area contributed by atoms with Crippen LogP contribution in [0.2, 0.25) is 0 Å². The molecule has 0 aliphatic rings. The van der Waals surface area contributed by atoms with E-state index in [1.54, 1.807) is 0 Å². The summed E-state index contributed by atoms with van der Waals surface area (Å²) in [6, 6.07) is 4.79. The van der Waals surface area contributed by atoms with Crippen LogP contribution in [0.25, 0.3) is 0 Å². The van der Waals surface area contributed by atoms with Crippen LogP contribution in [0.15, 0.2) is 12.1 Å². The summed E-state index contributed by atoms with van der Waals surface area (Å²) in [5.41, 5.74) is 0.135. The number of phenols is 1. The minimum absolute atomic E-state index is 0.135. The van der Waals surface area contributed by atoms with Crippen molar-refractivity contribution in [1.82, 2.24) is 0 Å². The second-order valence-corrected chi connectivity index (χ2v) is 2.34. The molecule has 0 saturated heterocycles. The lowest BCUT2D eigenvalue weighted by Crippen LogP contribution is -1.89. The Morgan fingerprint density at radius 3 is 2.46 bits per heavy atom. The first-order valence-corrected chi connectivity index (χ1v) is 3.58. The summed E-state index contributed by atoms with van der Waals surface area (Å²) in [5, 5.41) is 18.0. The Labute approximate surface area is 75.9 Å². The molecular weight excluding hydrogens is 170 g/mol. The van der Waals surface area contributed by atoms with Gasteiger partial charge in [0.2, 0.25) is 0 Å². The molecule has 0 unspecified atom stereocenters. The van der Waals surface area contributed by atoms with Gasteiger partial charge in [0.05, 0.1) is 14.2 Å². The number of ether oxygens (including phenoxy) is 2. The Kier molecular flexibility index (Phi) is 2.60. The highest BCUT2D eigenvalue weighted by molar-refractivity contribution is 5.55. The van der Waals surface area contributed by atoms with E-state index in [9.17, 15) is 5.11 Å². The summed E-state index contributed by atoms with van der Waals surface area (Å²) in [6.07, 6.45) is 0. The zero-order chi connectivity index (χ0) is 9.84. The van der Waals surface area contributed by atoms with Crippen LogP contribution in [0.1, 0.15) is 5.56 Å². The quantitative estimate of drug-likeness (QED) is 0.742. The summed E-state index contributed by atoms with van der Waals surface area (Å²) in [5.74, 6) is 0.549. The lowest BCUT2D eigenvalue weighted by molar-refractivity contribution is 0.363. The molecule has 0 fully saturated rings. The predicted octanol–water partition coefficient (Wildman–Crippen LogP) is 1.28. The Bertz CT molecular complexity index is 355. The van der Waals surface area contributed by atoms with E-state index in [-0.39, 0.29) is 17.1 Å². The molecule has 13 heavy (non-hydrogen) atoms. The molecule has 0 saturated carbocycles. The van der Waals surface area contributed by atoms with E-state index in [4.69, 9.17) is 14.7 Å². The monoisotopic (exact) mass is 179 g/mol. The van der Waals surface area contributed by atoms with Gasteiger partial charge in [0.15, 0.2) is 11.5 Å². The van der Waals surface area contributed by atoms with Gasteiger partial charge < -0.3 is 14.6 Å². The maximum atomic E-state index is 9.41. The first-order valence-electron chi connectivity index (χ1n) is 3.58. The molecule has 0 bridgehead atoms. The average molecular weight is 179 g/mol. The van der Waals surface area contributed by atoms with Crippen molar-refractivity contribution in [2.75, 3.05) is 14.2 Å². The number of hydrogen-bond donors (Lipinski definition) is 1. The van der Waals surface area contributed by atoms with Crippen molar-refractivity contribution in [2.45, 2.75) is 0 Å². The van der Waals surface area contributed by atoms with Crippen LogP contribution >= 0.6 is 0 Å². The van der Waals surface area contributed by atoms with Crippen molar-refractivity contribution in [1.29, 1.82) is 5.26 Å². The maximum absolute atomic E-state index is 9.41. The van der Waals surface area contributed by atoms with Gasteiger partial charge in [-0.05, 0) is 0 Å². The van der Waals surface area contributed by atoms with Gasteiger partial charge in [0.1, 0.15) is 17.4 Å². The third-order valence-corrected chi connectivity index (χ3v) is 1.62. The fourth-order valence-corrected chi connectivity index (χ4v) is 0.941. The molecule has 0 radical (unpaired) electrons. The molecule has 0 aliphatic carbocycles. The third kappa shape index (κ3) is 1.64. The van der Waals surface area contributed by atoms with Crippen molar-refractivity contribution in [3.8, 4) is 23.3 Å². The van der Waals surface area contributed by atoms with Gasteiger partial charge in [-0.2, -0.15) is 5.26 Å². The second-order valence-electron chi connectivity index (χ2n) is 2.34. The first kappa shape index (κ1) is 9.20. The van der Waals surface area contributed by atoms with Gasteiger partial charge in [-0.25, -0.2) is 0 Å². The van der Waals surface area contributed by atoms with E-state index in [1.807, 2.05) is 6.07 Å². The fourth-order valence-electron chi connectivity index (χ4n) is 0.941. The van der Waals surface area contributed by atoms with E-state index in [1.165, 1.54) is 26.4 Å². The van der Waals surface area contributed by atoms with Crippen LogP contribution in [-0.2, 0) is 0 Å². The topological polar surface area (TPSA) is 62.5 Å². The van der Waals surface area contributed by atoms with Crippen LogP contribution in [0, 0.1) is 11.3 Å². The molecule has 0 aromatic heterocycles. The van der Waals surface area contributed by atoms with Gasteiger partial charge in [-0.3, -0.25) is 0 Å². The number of nitrogens with zero attached hydrogens (tertiary/aromatic N) is 1. The van der Waals surface area contributed by atoms with Gasteiger partial charge in [-0.1, -0.05) is 0 Å². The maximum Gasteiger partial charge on any atom is 0.176 e. The Morgan fingerprint density at radius 2 is 2.00 bits per heavy atom. The third-order valence-electron chi connectivity index (χ3n) is 1.62. The summed E-state index contributed by atoms with van der Waals surface area (Å²) >= 11 is 0. The SMILES string of the molecule is COc1cc(C#N)c(O)c(OC)c1. The molecule has 0 heterocycles. The van der Waals surface area contributed by atoms with Gasteiger partial charge in [0.25, 0.3) is 0 Å². The molecule has 0 atom stereocenters. The number of aromatic hydroxyl groups is 1. The van der Waals surface area contributed by atoms with Crippen LogP contribution in [0.4, 0.5) is 0 Å². The molecule has 1 aromatic rings. The highest BCUT2D eigenvalue weighted by Gasteiger charge is 2.09. The average Bonchev–Trinajstić information content (AvgIpc) is 2.18. The van der Waals surface area contributed by atoms with Crippen LogP contribution < -0.4 is 9.47 Å². The largest absolute Gasteiger partial charge is 0.503 e. The molecule has 0 amide bonds. The van der Waals surface area contributed by atoms with E-state index in [0.29, 0.717) is 5.75 Å². The molecule has 4 heteroatoms. The summed E-state index contributed by atoms with van der Waals surface area (Å²) in [4.78, 5) is 0. The molecule has 0 aliphatic heterocycles. The van der Waals surface area contributed by atoms with Crippen molar-refractivity contribution in [3.63, 3.8) is 0 Å². The summed E-state index contributed by atoms with van der Waals surface area (Å²) < 4.78 is 9.76. The number of benzene rings is 1. The minimum atomic E-state index is -0.161. The van der Waals surface area contributed by atoms with Gasteiger partial charge >= 0.3 is 0 Å². The zero-order valence-electron chi connectivity index (χ0n) is 7.37. The number of hydrogen-bond acceptors (Lipinski definition) is 4. The van der Waals surface area contributed by atoms with Gasteiger partial charge in [0, 0.05) is 12.1 Å². The highest BCUT2D eigenvalue weighted by atomic mass is 16.5. The Balaban J connectivity index is 3.31. The molecule has 68 valence electrons. The van der Waals surface area contributed by atoms with Crippen LogP contribution in [-0.4, -0.2) is 19.3 Å². The molecule has 1 rings (SSSR count). The van der Waals surface area contributed by atoms with Crippen molar-refractivity contribution in [3.05, 3.63) is 17.7 Å². The molecule has 0 spiro atoms. The van der Waals surface area contributed by atoms with Crippen LogP contribution in [0.5, 0.6) is 17.2 Å². The highest BCUT2D eigenvalue weighted by Crippen LogP contribution is 2.33. The van der Waals surface area contributed by atoms with E-state index < -0.39 is 0 Å². The van der Waals surface area contributed by atoms with E-state index >= 15 is 0 Å². The zero-order valence-corrected chi connectivity index (χ0v) is 7.37. The lowest BCUT2D eigenvalue weighted by atomic mass is 10.2. The number of methoxy groups -OCH3 is 2. The molecule has 1 aromatic carbocycles. The smallest absolute Gasteiger partial charge is 0.176 e. The number of nitriles is 1. The van der Waals surface area contributed by atoms with Crippen LogP contribution in [0.3, 0.4) is 0 Å². The van der Waals surface area contributed by atoms with Crippen molar-refractivity contribution >= 4 is 0 Å². The lowest BCUT2D eigenvalue weighted by Gasteiger charge is -2.06. The molecule has 1 N–H and O–H groups in total. The fraction of sp³-hybridized carbons (Fsp3) is 0.222. The number of rotatable bonds is 2. The Morgan fingerprint density at radius 1 is 1.31 bits per heavy atom. The normalized spacial score (nSPS) is 9.00. The van der Waals surface area contributed by atoms with Gasteiger partial charge in [-0.15, -0.1) is 0 Å². The summed E-state index contributed by atoms with van der Waals surface area (Å²) in [6.45, 7) is 0. The van der Waals surface area contributed by atoms with Crippen molar-refractivity contribution < 1.29 is 14.6 Å². The molecule has 4 nitrogen and oxygen atoms in total. The Hall–Kier alpha value is -1.89. The minimum Gasteiger partial charge on any atom is -0.503 e.